The van der Waals surface area contributed by atoms with Gasteiger partial charge in [0.2, 0.25) is 5.91 Å². The predicted octanol–water partition coefficient (Wildman–Crippen LogP) is -0.0880. The standard InChI is InChI=1S/C17H27N3O3/c1-17(2)13-6-11(16(19)22)5-4-10(13)7-14(23-3)15(17)20-8-12(18)9-21/h4-6,12,14-15,20-21H,7-9,18H2,1-3H3,(H2,19,22). The zero-order valence-electron chi connectivity index (χ0n) is 14.0. The molecule has 0 heterocycles. The van der Waals surface area contributed by atoms with Gasteiger partial charge in [0.05, 0.1) is 12.7 Å². The van der Waals surface area contributed by atoms with Crippen LogP contribution in [-0.4, -0.2) is 49.5 Å². The lowest BCUT2D eigenvalue weighted by atomic mass is 9.67. The number of benzene rings is 1. The van der Waals surface area contributed by atoms with Crippen LogP contribution in [0.5, 0.6) is 0 Å². The number of rotatable bonds is 6. The van der Waals surface area contributed by atoms with Gasteiger partial charge in [-0.15, -0.1) is 0 Å². The van der Waals surface area contributed by atoms with Gasteiger partial charge < -0.3 is 26.6 Å². The third-order valence-electron chi connectivity index (χ3n) is 4.80. The summed E-state index contributed by atoms with van der Waals surface area (Å²) in [6.45, 7) is 4.66. The molecule has 0 aromatic heterocycles. The van der Waals surface area contributed by atoms with E-state index in [1.54, 1.807) is 13.2 Å². The van der Waals surface area contributed by atoms with Gasteiger partial charge >= 0.3 is 0 Å². The van der Waals surface area contributed by atoms with Crippen LogP contribution in [0.3, 0.4) is 0 Å². The number of primary amides is 1. The Kier molecular flexibility index (Phi) is 5.41. The largest absolute Gasteiger partial charge is 0.395 e. The summed E-state index contributed by atoms with van der Waals surface area (Å²) in [5.41, 5.74) is 13.7. The van der Waals surface area contributed by atoms with Crippen molar-refractivity contribution in [2.45, 2.75) is 43.9 Å². The minimum atomic E-state index is -0.427. The summed E-state index contributed by atoms with van der Waals surface area (Å²) >= 11 is 0. The molecule has 6 heteroatoms. The van der Waals surface area contributed by atoms with Crippen molar-refractivity contribution in [3.8, 4) is 0 Å². The number of nitrogens with two attached hydrogens (primary N) is 2. The van der Waals surface area contributed by atoms with E-state index in [-0.39, 0.29) is 30.2 Å². The first-order valence-corrected chi connectivity index (χ1v) is 7.87. The molecule has 0 saturated heterocycles. The van der Waals surface area contributed by atoms with E-state index in [0.717, 1.165) is 17.5 Å². The Morgan fingerprint density at radius 3 is 2.78 bits per heavy atom. The zero-order valence-corrected chi connectivity index (χ0v) is 14.0. The van der Waals surface area contributed by atoms with Crippen LogP contribution in [0.25, 0.3) is 0 Å². The maximum Gasteiger partial charge on any atom is 0.248 e. The Labute approximate surface area is 137 Å². The first kappa shape index (κ1) is 17.9. The van der Waals surface area contributed by atoms with E-state index in [0.29, 0.717) is 12.1 Å². The van der Waals surface area contributed by atoms with E-state index in [1.807, 2.05) is 12.1 Å². The molecule has 0 saturated carbocycles. The lowest BCUT2D eigenvalue weighted by Crippen LogP contribution is -2.58. The molecule has 1 amide bonds. The highest BCUT2D eigenvalue weighted by molar-refractivity contribution is 5.93. The van der Waals surface area contributed by atoms with Crippen molar-refractivity contribution in [3.05, 3.63) is 34.9 Å². The van der Waals surface area contributed by atoms with E-state index in [9.17, 15) is 4.79 Å². The number of methoxy groups -OCH3 is 1. The van der Waals surface area contributed by atoms with E-state index in [2.05, 4.69) is 19.2 Å². The fourth-order valence-electron chi connectivity index (χ4n) is 3.42. The first-order chi connectivity index (χ1) is 10.8. The van der Waals surface area contributed by atoms with Crippen LogP contribution in [0.1, 0.15) is 35.3 Å². The Morgan fingerprint density at radius 1 is 1.52 bits per heavy atom. The normalized spacial score (nSPS) is 24.0. The Balaban J connectivity index is 2.36. The second-order valence-electron chi connectivity index (χ2n) is 6.76. The minimum absolute atomic E-state index is 0.0113. The number of carbonyl (C=O) groups excluding carboxylic acids is 1. The number of carbonyl (C=O) groups is 1. The molecular formula is C17H27N3O3. The second kappa shape index (κ2) is 6.97. The van der Waals surface area contributed by atoms with Crippen LogP contribution in [0, 0.1) is 0 Å². The molecule has 1 aliphatic carbocycles. The number of hydrogen-bond acceptors (Lipinski definition) is 5. The summed E-state index contributed by atoms with van der Waals surface area (Å²) in [6, 6.07) is 5.30. The number of amides is 1. The van der Waals surface area contributed by atoms with Crippen molar-refractivity contribution in [2.75, 3.05) is 20.3 Å². The van der Waals surface area contributed by atoms with Gasteiger partial charge in [0, 0.05) is 43.1 Å². The lowest BCUT2D eigenvalue weighted by Gasteiger charge is -2.45. The minimum Gasteiger partial charge on any atom is -0.395 e. The van der Waals surface area contributed by atoms with Gasteiger partial charge in [-0.25, -0.2) is 0 Å². The van der Waals surface area contributed by atoms with E-state index in [1.165, 1.54) is 0 Å². The highest BCUT2D eigenvalue weighted by Crippen LogP contribution is 2.38. The van der Waals surface area contributed by atoms with Gasteiger partial charge in [-0.3, -0.25) is 4.79 Å². The third kappa shape index (κ3) is 3.55. The summed E-state index contributed by atoms with van der Waals surface area (Å²) in [4.78, 5) is 11.5. The molecule has 1 aliphatic rings. The van der Waals surface area contributed by atoms with Crippen LogP contribution in [0.4, 0.5) is 0 Å². The molecule has 1 aromatic rings. The number of fused-ring (bicyclic) bond motifs is 1. The summed E-state index contributed by atoms with van der Waals surface area (Å²) in [7, 11) is 1.70. The molecule has 23 heavy (non-hydrogen) atoms. The molecule has 0 fully saturated rings. The SMILES string of the molecule is COC1Cc2ccc(C(N)=O)cc2C(C)(C)C1NCC(N)CO. The monoisotopic (exact) mass is 321 g/mol. The van der Waals surface area contributed by atoms with Crippen LogP contribution < -0.4 is 16.8 Å². The molecule has 2 rings (SSSR count). The average Bonchev–Trinajstić information content (AvgIpc) is 2.52. The lowest BCUT2D eigenvalue weighted by molar-refractivity contribution is 0.0344. The number of hydrogen-bond donors (Lipinski definition) is 4. The number of aliphatic hydroxyl groups is 1. The summed E-state index contributed by atoms with van der Waals surface area (Å²) in [5, 5.41) is 12.6. The third-order valence-corrected chi connectivity index (χ3v) is 4.80. The molecule has 0 bridgehead atoms. The molecular weight excluding hydrogens is 294 g/mol. The van der Waals surface area contributed by atoms with Gasteiger partial charge in [0.1, 0.15) is 0 Å². The average molecular weight is 321 g/mol. The van der Waals surface area contributed by atoms with Crippen molar-refractivity contribution < 1.29 is 14.6 Å². The highest BCUT2D eigenvalue weighted by Gasteiger charge is 2.42. The van der Waals surface area contributed by atoms with Crippen molar-refractivity contribution in [3.63, 3.8) is 0 Å². The van der Waals surface area contributed by atoms with Crippen LogP contribution in [0.15, 0.2) is 18.2 Å². The van der Waals surface area contributed by atoms with Gasteiger partial charge in [0.25, 0.3) is 0 Å². The highest BCUT2D eigenvalue weighted by atomic mass is 16.5. The molecule has 1 aromatic carbocycles. The van der Waals surface area contributed by atoms with Gasteiger partial charge in [-0.05, 0) is 23.3 Å². The molecule has 3 unspecified atom stereocenters. The van der Waals surface area contributed by atoms with Gasteiger partial charge in [-0.2, -0.15) is 0 Å². The van der Waals surface area contributed by atoms with Gasteiger partial charge in [-0.1, -0.05) is 19.9 Å². The maximum absolute atomic E-state index is 11.5. The van der Waals surface area contributed by atoms with Crippen LogP contribution in [-0.2, 0) is 16.6 Å². The Hall–Kier alpha value is -1.47. The Bertz CT molecular complexity index is 574. The fraction of sp³-hybridized carbons (Fsp3) is 0.588. The van der Waals surface area contributed by atoms with Crippen LogP contribution >= 0.6 is 0 Å². The van der Waals surface area contributed by atoms with E-state index < -0.39 is 5.91 Å². The summed E-state index contributed by atoms with van der Waals surface area (Å²) in [5.74, 6) is -0.427. The molecule has 0 spiro atoms. The van der Waals surface area contributed by atoms with Crippen LogP contribution in [0.2, 0.25) is 0 Å². The van der Waals surface area contributed by atoms with Crippen molar-refractivity contribution in [1.82, 2.24) is 5.32 Å². The smallest absolute Gasteiger partial charge is 0.248 e. The van der Waals surface area contributed by atoms with Crippen molar-refractivity contribution in [2.24, 2.45) is 11.5 Å². The fourth-order valence-corrected chi connectivity index (χ4v) is 3.42. The quantitative estimate of drug-likeness (QED) is 0.585. The van der Waals surface area contributed by atoms with Crippen molar-refractivity contribution in [1.29, 1.82) is 0 Å². The molecule has 6 nitrogen and oxygen atoms in total. The number of aliphatic hydroxyl groups excluding tert-OH is 1. The van der Waals surface area contributed by atoms with E-state index >= 15 is 0 Å². The zero-order chi connectivity index (χ0) is 17.2. The number of nitrogens with one attached hydrogen (secondary N) is 1. The molecule has 0 radical (unpaired) electrons. The molecule has 0 aliphatic heterocycles. The summed E-state index contributed by atoms with van der Waals surface area (Å²) < 4.78 is 5.68. The Morgan fingerprint density at radius 2 is 2.22 bits per heavy atom. The van der Waals surface area contributed by atoms with E-state index in [4.69, 9.17) is 21.3 Å². The predicted molar refractivity (Wildman–Crippen MR) is 89.3 cm³/mol. The molecule has 6 N–H and O–H groups in total. The topological polar surface area (TPSA) is 111 Å². The van der Waals surface area contributed by atoms with Crippen molar-refractivity contribution >= 4 is 5.91 Å². The second-order valence-corrected chi connectivity index (χ2v) is 6.76. The number of ether oxygens (including phenoxy) is 1. The van der Waals surface area contributed by atoms with Gasteiger partial charge in [0.15, 0.2) is 0 Å². The molecule has 3 atom stereocenters. The molecule has 128 valence electrons. The maximum atomic E-state index is 11.5. The first-order valence-electron chi connectivity index (χ1n) is 7.87. The summed E-state index contributed by atoms with van der Waals surface area (Å²) in [6.07, 6.45) is 0.739.